The van der Waals surface area contributed by atoms with Crippen LogP contribution in [0, 0.1) is 0 Å². The van der Waals surface area contributed by atoms with E-state index in [4.69, 9.17) is 37.4 Å². The fourth-order valence-electron chi connectivity index (χ4n) is 3.04. The van der Waals surface area contributed by atoms with E-state index in [2.05, 4.69) is 15.9 Å². The second-order valence-electron chi connectivity index (χ2n) is 7.60. The van der Waals surface area contributed by atoms with Crippen LogP contribution in [0.4, 0.5) is 4.79 Å². The van der Waals surface area contributed by atoms with E-state index in [0.717, 1.165) is 22.2 Å². The van der Waals surface area contributed by atoms with Gasteiger partial charge in [-0.25, -0.2) is 0 Å². The number of hydrogen-bond donors (Lipinski definition) is 0. The second kappa shape index (κ2) is 12.2. The Bertz CT molecular complexity index is 1190. The molecule has 0 radical (unpaired) electrons. The van der Waals surface area contributed by atoms with Gasteiger partial charge in [0, 0.05) is 4.47 Å². The van der Waals surface area contributed by atoms with E-state index in [1.54, 1.807) is 44.2 Å². The fourth-order valence-corrected chi connectivity index (χ4v) is 4.63. The van der Waals surface area contributed by atoms with E-state index in [1.165, 1.54) is 0 Å². The van der Waals surface area contributed by atoms with Crippen LogP contribution >= 0.6 is 50.9 Å². The number of benzene rings is 2. The second-order valence-corrected chi connectivity index (χ2v) is 10.3. The van der Waals surface area contributed by atoms with Crippen LogP contribution < -0.4 is 9.47 Å². The fraction of sp³-hybridized carbons (Fsp3) is 0.292. The number of hydrogen-bond acceptors (Lipinski definition) is 7. The summed E-state index contributed by atoms with van der Waals surface area (Å²) in [4.78, 5) is 38.1. The summed E-state index contributed by atoms with van der Waals surface area (Å²) in [6, 6.07) is 8.66. The SMILES string of the molecule is CCOc1cc(/C=C2/SC(=O)N(CC(=O)OC(C)C)C2=O)c(Br)cc1OCc1ccc(Cl)c(Cl)c1. The van der Waals surface area contributed by atoms with Crippen LogP contribution in [-0.4, -0.2) is 41.3 Å². The molecule has 35 heavy (non-hydrogen) atoms. The highest BCUT2D eigenvalue weighted by Gasteiger charge is 2.37. The molecule has 0 aromatic heterocycles. The number of amides is 2. The first-order valence-corrected chi connectivity index (χ1v) is 12.9. The topological polar surface area (TPSA) is 82.1 Å². The summed E-state index contributed by atoms with van der Waals surface area (Å²) in [6.07, 6.45) is 1.22. The van der Waals surface area contributed by atoms with E-state index in [-0.39, 0.29) is 17.6 Å². The van der Waals surface area contributed by atoms with Crippen LogP contribution in [-0.2, 0) is 20.9 Å². The van der Waals surface area contributed by atoms with Gasteiger partial charge in [-0.1, -0.05) is 45.2 Å². The molecule has 1 fully saturated rings. The van der Waals surface area contributed by atoms with Gasteiger partial charge in [-0.15, -0.1) is 0 Å². The van der Waals surface area contributed by atoms with Crippen molar-refractivity contribution in [3.05, 3.63) is 60.9 Å². The zero-order valence-corrected chi connectivity index (χ0v) is 23.0. The Morgan fingerprint density at radius 1 is 1.11 bits per heavy atom. The Morgan fingerprint density at radius 3 is 2.49 bits per heavy atom. The highest BCUT2D eigenvalue weighted by Crippen LogP contribution is 2.38. The molecule has 2 aromatic rings. The predicted octanol–water partition coefficient (Wildman–Crippen LogP) is 6.72. The van der Waals surface area contributed by atoms with Crippen LogP contribution in [0.25, 0.3) is 6.08 Å². The summed E-state index contributed by atoms with van der Waals surface area (Å²) >= 11 is 16.3. The number of halogens is 3. The maximum absolute atomic E-state index is 12.8. The third kappa shape index (κ3) is 7.16. The van der Waals surface area contributed by atoms with E-state index in [9.17, 15) is 14.4 Å². The Labute approximate surface area is 225 Å². The summed E-state index contributed by atoms with van der Waals surface area (Å²) in [7, 11) is 0. The van der Waals surface area contributed by atoms with Gasteiger partial charge in [0.1, 0.15) is 13.2 Å². The number of imide groups is 1. The van der Waals surface area contributed by atoms with Crippen molar-refractivity contribution in [2.24, 2.45) is 0 Å². The van der Waals surface area contributed by atoms with Gasteiger partial charge in [0.2, 0.25) is 0 Å². The number of nitrogens with zero attached hydrogens (tertiary/aromatic N) is 1. The summed E-state index contributed by atoms with van der Waals surface area (Å²) in [5.41, 5.74) is 1.43. The third-order valence-electron chi connectivity index (χ3n) is 4.56. The monoisotopic (exact) mass is 601 g/mol. The molecule has 3 rings (SSSR count). The van der Waals surface area contributed by atoms with E-state index < -0.39 is 23.7 Å². The molecule has 0 aliphatic carbocycles. The molecule has 11 heteroatoms. The van der Waals surface area contributed by atoms with Crippen molar-refractivity contribution in [3.8, 4) is 11.5 Å². The average molecular weight is 603 g/mol. The molecule has 1 aliphatic heterocycles. The Balaban J connectivity index is 1.81. The van der Waals surface area contributed by atoms with E-state index >= 15 is 0 Å². The molecule has 0 atom stereocenters. The Hall–Kier alpha value is -2.20. The third-order valence-corrected chi connectivity index (χ3v) is 6.89. The van der Waals surface area contributed by atoms with Crippen molar-refractivity contribution in [1.82, 2.24) is 4.90 Å². The molecule has 0 spiro atoms. The molecule has 0 unspecified atom stereocenters. The number of carbonyl (C=O) groups is 3. The highest BCUT2D eigenvalue weighted by molar-refractivity contribution is 9.10. The molecule has 2 aromatic carbocycles. The zero-order chi connectivity index (χ0) is 25.7. The van der Waals surface area contributed by atoms with Crippen LogP contribution in [0.15, 0.2) is 39.7 Å². The molecule has 0 saturated carbocycles. The lowest BCUT2D eigenvalue weighted by Gasteiger charge is -2.15. The van der Waals surface area contributed by atoms with E-state index in [0.29, 0.717) is 38.2 Å². The molecule has 1 aliphatic rings. The van der Waals surface area contributed by atoms with Gasteiger partial charge in [0.25, 0.3) is 11.1 Å². The minimum Gasteiger partial charge on any atom is -0.490 e. The molecule has 0 N–H and O–H groups in total. The van der Waals surface area contributed by atoms with Crippen LogP contribution in [0.2, 0.25) is 10.0 Å². The molecular formula is C24H22BrCl2NO6S. The summed E-state index contributed by atoms with van der Waals surface area (Å²) < 4.78 is 17.3. The number of esters is 1. The normalized spacial score (nSPS) is 14.7. The van der Waals surface area contributed by atoms with Gasteiger partial charge in [0.05, 0.1) is 27.7 Å². The maximum atomic E-state index is 12.8. The first-order valence-electron chi connectivity index (χ1n) is 10.6. The van der Waals surface area contributed by atoms with Crippen molar-refractivity contribution in [3.63, 3.8) is 0 Å². The van der Waals surface area contributed by atoms with Crippen molar-refractivity contribution in [1.29, 1.82) is 0 Å². The van der Waals surface area contributed by atoms with Gasteiger partial charge >= 0.3 is 5.97 Å². The van der Waals surface area contributed by atoms with Gasteiger partial charge < -0.3 is 14.2 Å². The molecule has 1 saturated heterocycles. The van der Waals surface area contributed by atoms with Crippen molar-refractivity contribution in [2.75, 3.05) is 13.2 Å². The average Bonchev–Trinajstić information content (AvgIpc) is 3.04. The maximum Gasteiger partial charge on any atom is 0.326 e. The first kappa shape index (κ1) is 27.4. The van der Waals surface area contributed by atoms with Gasteiger partial charge in [0.15, 0.2) is 11.5 Å². The molecule has 7 nitrogen and oxygen atoms in total. The molecule has 2 amide bonds. The minimum absolute atomic E-state index is 0.181. The van der Waals surface area contributed by atoms with Crippen molar-refractivity contribution in [2.45, 2.75) is 33.5 Å². The first-order chi connectivity index (χ1) is 16.6. The standard InChI is InChI=1S/C24H22BrCl2NO6S/c1-4-32-19-8-15(9-21-23(30)28(24(31)35-21)11-22(29)34-13(2)3)16(25)10-20(19)33-12-14-5-6-17(26)18(27)7-14/h5-10,13H,4,11-12H2,1-3H3/b21-9+. The lowest BCUT2D eigenvalue weighted by atomic mass is 10.1. The number of ether oxygens (including phenoxy) is 3. The van der Waals surface area contributed by atoms with Crippen LogP contribution in [0.3, 0.4) is 0 Å². The zero-order valence-electron chi connectivity index (χ0n) is 19.1. The van der Waals surface area contributed by atoms with Gasteiger partial charge in [-0.05, 0) is 74.0 Å². The molecule has 0 bridgehead atoms. The van der Waals surface area contributed by atoms with E-state index in [1.807, 2.05) is 13.0 Å². The van der Waals surface area contributed by atoms with Crippen LogP contribution in [0.1, 0.15) is 31.9 Å². The predicted molar refractivity (Wildman–Crippen MR) is 140 cm³/mol. The van der Waals surface area contributed by atoms with Crippen molar-refractivity contribution < 1.29 is 28.6 Å². The number of rotatable bonds is 9. The number of carbonyl (C=O) groups excluding carboxylic acids is 3. The smallest absolute Gasteiger partial charge is 0.326 e. The Kier molecular flexibility index (Phi) is 9.52. The lowest BCUT2D eigenvalue weighted by Crippen LogP contribution is -2.35. The lowest BCUT2D eigenvalue weighted by molar-refractivity contribution is -0.149. The summed E-state index contributed by atoms with van der Waals surface area (Å²) in [6.45, 7) is 5.40. The minimum atomic E-state index is -0.646. The van der Waals surface area contributed by atoms with Gasteiger partial charge in [-0.3, -0.25) is 19.3 Å². The molecule has 186 valence electrons. The van der Waals surface area contributed by atoms with Crippen molar-refractivity contribution >= 4 is 74.1 Å². The summed E-state index contributed by atoms with van der Waals surface area (Å²) in [5, 5.41) is 0.351. The Morgan fingerprint density at radius 2 is 1.83 bits per heavy atom. The highest BCUT2D eigenvalue weighted by atomic mass is 79.9. The van der Waals surface area contributed by atoms with Gasteiger partial charge in [-0.2, -0.15) is 0 Å². The number of thioether (sulfide) groups is 1. The molecular weight excluding hydrogens is 581 g/mol. The summed E-state index contributed by atoms with van der Waals surface area (Å²) in [5.74, 6) is -0.273. The van der Waals surface area contributed by atoms with Crippen LogP contribution in [0.5, 0.6) is 11.5 Å². The molecule has 1 heterocycles. The quantitative estimate of drug-likeness (QED) is 0.233. The largest absolute Gasteiger partial charge is 0.490 e.